The van der Waals surface area contributed by atoms with Crippen LogP contribution in [0.3, 0.4) is 0 Å². The van der Waals surface area contributed by atoms with Gasteiger partial charge >= 0.3 is 11.2 Å². The number of aromatic nitrogens is 6. The van der Waals surface area contributed by atoms with E-state index in [1.54, 1.807) is 28.7 Å². The Hall–Kier alpha value is -3.71. The topological polar surface area (TPSA) is 160 Å². The van der Waals surface area contributed by atoms with Crippen molar-refractivity contribution >= 4 is 38.9 Å². The molecule has 168 valence electrons. The fourth-order valence-corrected chi connectivity index (χ4v) is 2.80. The predicted molar refractivity (Wildman–Crippen MR) is 123 cm³/mol. The number of nitro groups is 1. The molecule has 0 aliphatic rings. The molecular weight excluding hydrogens is 508 g/mol. The lowest BCUT2D eigenvalue weighted by molar-refractivity contribution is -0.386. The van der Waals surface area contributed by atoms with Crippen LogP contribution in [0, 0.1) is 10.1 Å². The molecule has 0 amide bonds. The summed E-state index contributed by atoms with van der Waals surface area (Å²) in [7, 11) is 3.65. The summed E-state index contributed by atoms with van der Waals surface area (Å²) in [6.45, 7) is 0. The Morgan fingerprint density at radius 1 is 1.16 bits per heavy atom. The number of rotatable bonds is 2. The molecule has 0 aliphatic carbocycles. The first kappa shape index (κ1) is 24.6. The highest BCUT2D eigenvalue weighted by atomic mass is 79.9. The first-order valence-electron chi connectivity index (χ1n) is 8.73. The lowest BCUT2D eigenvalue weighted by atomic mass is 10.4. The van der Waals surface area contributed by atoms with E-state index in [4.69, 9.17) is 17.3 Å². The van der Waals surface area contributed by atoms with Gasteiger partial charge in [0.1, 0.15) is 4.60 Å². The molecule has 0 saturated carbocycles. The zero-order valence-electron chi connectivity index (χ0n) is 16.8. The molecule has 3 N–H and O–H groups in total. The molecule has 0 radical (unpaired) electrons. The molecule has 0 fully saturated rings. The molecular formula is C18H18BrClN8O4. The van der Waals surface area contributed by atoms with Gasteiger partial charge in [0.25, 0.3) is 5.56 Å². The largest absolute Gasteiger partial charge is 0.394 e. The van der Waals surface area contributed by atoms with Crippen LogP contribution in [0.25, 0.3) is 5.82 Å². The van der Waals surface area contributed by atoms with Gasteiger partial charge in [-0.1, -0.05) is 11.6 Å². The fraction of sp³-hybridized carbons (Fsp3) is 0.111. The summed E-state index contributed by atoms with van der Waals surface area (Å²) in [4.78, 5) is 33.7. The van der Waals surface area contributed by atoms with Crippen LogP contribution in [0.5, 0.6) is 0 Å². The van der Waals surface area contributed by atoms with E-state index in [-0.39, 0.29) is 11.2 Å². The zero-order valence-corrected chi connectivity index (χ0v) is 19.2. The summed E-state index contributed by atoms with van der Waals surface area (Å²) in [5, 5.41) is 18.4. The van der Waals surface area contributed by atoms with Gasteiger partial charge in [-0.3, -0.25) is 33.6 Å². The molecule has 0 atom stereocenters. The Morgan fingerprint density at radius 2 is 1.81 bits per heavy atom. The van der Waals surface area contributed by atoms with Crippen molar-refractivity contribution in [3.63, 3.8) is 0 Å². The van der Waals surface area contributed by atoms with Gasteiger partial charge in [0.2, 0.25) is 0 Å². The van der Waals surface area contributed by atoms with Gasteiger partial charge in [-0.25, -0.2) is 0 Å². The monoisotopic (exact) mass is 524 g/mol. The van der Waals surface area contributed by atoms with Crippen LogP contribution < -0.4 is 16.9 Å². The summed E-state index contributed by atoms with van der Waals surface area (Å²) < 4.78 is 5.54. The number of aromatic amines is 1. The standard InChI is InChI=1S/C9H9ClN4O.C5H4N2O3.C4H5BrN2/c1-13-3-2-8(12-13)14-5-6(10)4-7(11)9(14)15;8-5-4(7(9)10)2-1-3-6-5;1-7-3-2-4(5)6-7/h2-5H,11H2,1H3;1-3H,(H,6,8);2-3H,1H3. The van der Waals surface area contributed by atoms with Crippen molar-refractivity contribution in [3.8, 4) is 5.82 Å². The van der Waals surface area contributed by atoms with Crippen LogP contribution in [0.4, 0.5) is 11.4 Å². The van der Waals surface area contributed by atoms with E-state index in [0.29, 0.717) is 10.8 Å². The normalized spacial score (nSPS) is 9.88. The van der Waals surface area contributed by atoms with E-state index in [1.807, 2.05) is 19.3 Å². The number of nitrogens with one attached hydrogen (secondary N) is 1. The third kappa shape index (κ3) is 6.92. The van der Waals surface area contributed by atoms with E-state index in [0.717, 1.165) is 10.7 Å². The number of nitrogens with zero attached hydrogens (tertiary/aromatic N) is 6. The van der Waals surface area contributed by atoms with Crippen molar-refractivity contribution in [2.75, 3.05) is 5.73 Å². The fourth-order valence-electron chi connectivity index (χ4n) is 2.21. The second kappa shape index (κ2) is 11.1. The van der Waals surface area contributed by atoms with E-state index >= 15 is 0 Å². The molecule has 4 heterocycles. The molecule has 4 rings (SSSR count). The maximum absolute atomic E-state index is 11.7. The van der Waals surface area contributed by atoms with E-state index in [9.17, 15) is 19.7 Å². The van der Waals surface area contributed by atoms with Crippen LogP contribution in [0.1, 0.15) is 0 Å². The van der Waals surface area contributed by atoms with Crippen molar-refractivity contribution in [2.24, 2.45) is 14.1 Å². The zero-order chi connectivity index (χ0) is 23.8. The van der Waals surface area contributed by atoms with Crippen molar-refractivity contribution in [1.82, 2.24) is 29.1 Å². The Morgan fingerprint density at radius 3 is 2.25 bits per heavy atom. The summed E-state index contributed by atoms with van der Waals surface area (Å²) in [6, 6.07) is 7.57. The lowest BCUT2D eigenvalue weighted by Crippen LogP contribution is -2.21. The quantitative estimate of drug-likeness (QED) is 0.300. The van der Waals surface area contributed by atoms with Crippen LogP contribution in [0.2, 0.25) is 5.02 Å². The number of pyridine rings is 2. The molecule has 0 aliphatic heterocycles. The van der Waals surface area contributed by atoms with Crippen molar-refractivity contribution in [2.45, 2.75) is 0 Å². The number of hydrogen-bond donors (Lipinski definition) is 2. The Bertz CT molecular complexity index is 1310. The average Bonchev–Trinajstić information content (AvgIpc) is 3.33. The van der Waals surface area contributed by atoms with E-state index in [2.05, 4.69) is 31.1 Å². The number of nitrogens with two attached hydrogens (primary N) is 1. The number of H-pyrrole nitrogens is 1. The van der Waals surface area contributed by atoms with Gasteiger partial charge in [-0.05, 0) is 34.1 Å². The maximum Gasteiger partial charge on any atom is 0.333 e. The molecule has 0 spiro atoms. The van der Waals surface area contributed by atoms with Gasteiger partial charge in [0, 0.05) is 51.0 Å². The van der Waals surface area contributed by atoms with Crippen LogP contribution in [0.15, 0.2) is 69.3 Å². The van der Waals surface area contributed by atoms with Crippen molar-refractivity contribution in [1.29, 1.82) is 0 Å². The minimum absolute atomic E-state index is 0.105. The third-order valence-electron chi connectivity index (χ3n) is 3.63. The van der Waals surface area contributed by atoms with Crippen molar-refractivity contribution < 1.29 is 4.92 Å². The molecule has 0 saturated heterocycles. The molecule has 4 aromatic rings. The molecule has 12 nitrogen and oxygen atoms in total. The first-order valence-corrected chi connectivity index (χ1v) is 9.90. The van der Waals surface area contributed by atoms with Crippen LogP contribution in [-0.4, -0.2) is 34.0 Å². The third-order valence-corrected chi connectivity index (χ3v) is 4.26. The first-order chi connectivity index (χ1) is 15.1. The van der Waals surface area contributed by atoms with Gasteiger partial charge < -0.3 is 10.7 Å². The molecule has 14 heteroatoms. The van der Waals surface area contributed by atoms with Gasteiger partial charge in [-0.2, -0.15) is 10.2 Å². The average molecular weight is 526 g/mol. The highest BCUT2D eigenvalue weighted by Crippen LogP contribution is 2.11. The summed E-state index contributed by atoms with van der Waals surface area (Å²) in [6.07, 6.45) is 6.45. The van der Waals surface area contributed by atoms with E-state index in [1.165, 1.54) is 29.1 Å². The van der Waals surface area contributed by atoms with Gasteiger partial charge in [-0.15, -0.1) is 0 Å². The molecule has 0 bridgehead atoms. The number of nitrogen functional groups attached to an aromatic ring is 1. The molecule has 32 heavy (non-hydrogen) atoms. The number of halogens is 2. The molecule has 0 aromatic carbocycles. The number of hydrogen-bond acceptors (Lipinski definition) is 7. The molecule has 4 aromatic heterocycles. The smallest absolute Gasteiger partial charge is 0.333 e. The van der Waals surface area contributed by atoms with Gasteiger partial charge in [0.15, 0.2) is 5.82 Å². The maximum atomic E-state index is 11.7. The summed E-state index contributed by atoms with van der Waals surface area (Å²) >= 11 is 9.00. The minimum Gasteiger partial charge on any atom is -0.394 e. The highest BCUT2D eigenvalue weighted by molar-refractivity contribution is 9.10. The SMILES string of the molecule is Cn1ccc(-n2cc(Cl)cc(N)c2=O)n1.Cn1ccc(Br)n1.O=c1[nH]cccc1[N+](=O)[O-]. The second-order valence-corrected chi connectivity index (χ2v) is 7.34. The lowest BCUT2D eigenvalue weighted by Gasteiger charge is -2.03. The van der Waals surface area contributed by atoms with Gasteiger partial charge in [0.05, 0.1) is 15.6 Å². The number of aryl methyl sites for hydroxylation is 2. The minimum atomic E-state index is -0.723. The molecule has 0 unspecified atom stereocenters. The Kier molecular flexibility index (Phi) is 8.49. The van der Waals surface area contributed by atoms with Crippen LogP contribution >= 0.6 is 27.5 Å². The van der Waals surface area contributed by atoms with E-state index < -0.39 is 16.2 Å². The highest BCUT2D eigenvalue weighted by Gasteiger charge is 2.08. The Labute approximate surface area is 194 Å². The Balaban J connectivity index is 0.000000184. The second-order valence-electron chi connectivity index (χ2n) is 6.09. The number of anilines is 1. The predicted octanol–water partition coefficient (Wildman–Crippen LogP) is 2.27. The van der Waals surface area contributed by atoms with Crippen molar-refractivity contribution in [3.05, 3.63) is 95.6 Å². The summed E-state index contributed by atoms with van der Waals surface area (Å²) in [5.41, 5.74) is 4.19. The summed E-state index contributed by atoms with van der Waals surface area (Å²) in [5.74, 6) is 0.497. The van der Waals surface area contributed by atoms with Crippen LogP contribution in [-0.2, 0) is 14.1 Å².